The zero-order valence-corrected chi connectivity index (χ0v) is 12.3. The third kappa shape index (κ3) is 4.34. The molecule has 0 radical (unpaired) electrons. The van der Waals surface area contributed by atoms with Crippen molar-refractivity contribution in [3.63, 3.8) is 0 Å². The Balaban J connectivity index is 1.90. The fourth-order valence-corrected chi connectivity index (χ4v) is 3.26. The maximum absolute atomic E-state index is 11.3. The molecule has 1 aromatic rings. The Morgan fingerprint density at radius 1 is 1.60 bits per heavy atom. The largest absolute Gasteiger partial charge is 0.395 e. The Morgan fingerprint density at radius 3 is 3.20 bits per heavy atom. The van der Waals surface area contributed by atoms with Gasteiger partial charge in [-0.1, -0.05) is 11.8 Å². The molecule has 0 spiro atoms. The molecule has 108 valence electrons. The molecule has 1 aliphatic heterocycles. The Labute approximate surface area is 123 Å². The van der Waals surface area contributed by atoms with Crippen LogP contribution in [-0.4, -0.2) is 35.6 Å². The number of primary amides is 1. The van der Waals surface area contributed by atoms with E-state index in [1.165, 1.54) is 4.88 Å². The quantitative estimate of drug-likeness (QED) is 0.819. The van der Waals surface area contributed by atoms with Crippen LogP contribution in [0.4, 0.5) is 0 Å². The number of hydrogen-bond donors (Lipinski definition) is 2. The summed E-state index contributed by atoms with van der Waals surface area (Å²) in [7, 11) is 0. The van der Waals surface area contributed by atoms with Crippen molar-refractivity contribution in [3.8, 4) is 11.8 Å². The van der Waals surface area contributed by atoms with Gasteiger partial charge in [-0.15, -0.1) is 11.3 Å². The number of nitrogens with zero attached hydrogens (tertiary/aromatic N) is 1. The molecule has 2 heterocycles. The summed E-state index contributed by atoms with van der Waals surface area (Å²) in [5.74, 6) is 5.77. The van der Waals surface area contributed by atoms with Crippen LogP contribution in [0.2, 0.25) is 0 Å². The van der Waals surface area contributed by atoms with Crippen molar-refractivity contribution >= 4 is 17.2 Å². The number of likely N-dealkylation sites (tertiary alicyclic amines) is 1. The highest BCUT2D eigenvalue weighted by Gasteiger charge is 2.23. The number of rotatable bonds is 4. The van der Waals surface area contributed by atoms with Gasteiger partial charge in [-0.05, 0) is 25.5 Å². The summed E-state index contributed by atoms with van der Waals surface area (Å²) in [6, 6.07) is 2.09. The number of carbonyl (C=O) groups is 1. The van der Waals surface area contributed by atoms with Crippen molar-refractivity contribution in [2.75, 3.05) is 19.7 Å². The van der Waals surface area contributed by atoms with Gasteiger partial charge < -0.3 is 10.8 Å². The molecule has 0 aromatic carbocycles. The molecule has 5 heteroatoms. The van der Waals surface area contributed by atoms with Crippen LogP contribution in [0.15, 0.2) is 11.4 Å². The molecule has 20 heavy (non-hydrogen) atoms. The summed E-state index contributed by atoms with van der Waals surface area (Å²) in [6.07, 6.45) is 2.45. The van der Waals surface area contributed by atoms with Gasteiger partial charge in [0.1, 0.15) is 0 Å². The first-order valence-corrected chi connectivity index (χ1v) is 7.76. The average Bonchev–Trinajstić information content (AvgIpc) is 2.87. The summed E-state index contributed by atoms with van der Waals surface area (Å²) >= 11 is 1.69. The standard InChI is InChI=1S/C15H20N2O2S/c16-15(19)13-5-3-6-17(9-13)10-14-8-12(11-20-14)4-1-2-7-18/h8,11,13,18H,2-3,5-7,9-10H2,(H2,16,19). The molecular weight excluding hydrogens is 272 g/mol. The second kappa shape index (κ2) is 7.44. The number of piperidine rings is 1. The highest BCUT2D eigenvalue weighted by atomic mass is 32.1. The number of carbonyl (C=O) groups excluding carboxylic acids is 1. The smallest absolute Gasteiger partial charge is 0.221 e. The number of nitrogens with two attached hydrogens (primary N) is 1. The molecule has 0 aliphatic carbocycles. The van der Waals surface area contributed by atoms with Gasteiger partial charge in [-0.2, -0.15) is 0 Å². The van der Waals surface area contributed by atoms with E-state index < -0.39 is 0 Å². The van der Waals surface area contributed by atoms with Gasteiger partial charge in [0.15, 0.2) is 0 Å². The lowest BCUT2D eigenvalue weighted by molar-refractivity contribution is -0.123. The first-order valence-electron chi connectivity index (χ1n) is 6.88. The normalized spacial score (nSPS) is 19.4. The topological polar surface area (TPSA) is 66.6 Å². The van der Waals surface area contributed by atoms with Gasteiger partial charge in [-0.25, -0.2) is 0 Å². The molecule has 1 aliphatic rings. The van der Waals surface area contributed by atoms with Crippen LogP contribution in [0, 0.1) is 17.8 Å². The summed E-state index contributed by atoms with van der Waals surface area (Å²) in [6.45, 7) is 2.74. The molecule has 0 bridgehead atoms. The van der Waals surface area contributed by atoms with Crippen LogP contribution < -0.4 is 5.73 Å². The molecule has 1 aromatic heterocycles. The predicted molar refractivity (Wildman–Crippen MR) is 80.1 cm³/mol. The summed E-state index contributed by atoms with van der Waals surface area (Å²) in [5.41, 5.74) is 6.40. The molecule has 1 atom stereocenters. The first kappa shape index (κ1) is 15.0. The minimum absolute atomic E-state index is 0.00692. The number of aliphatic hydroxyl groups is 1. The molecule has 1 amide bonds. The summed E-state index contributed by atoms with van der Waals surface area (Å²) in [5, 5.41) is 10.7. The monoisotopic (exact) mass is 292 g/mol. The van der Waals surface area contributed by atoms with E-state index in [4.69, 9.17) is 10.8 Å². The van der Waals surface area contributed by atoms with Crippen LogP contribution >= 0.6 is 11.3 Å². The lowest BCUT2D eigenvalue weighted by Crippen LogP contribution is -2.40. The number of amides is 1. The highest BCUT2D eigenvalue weighted by Crippen LogP contribution is 2.21. The van der Waals surface area contributed by atoms with Gasteiger partial charge in [0.05, 0.1) is 12.5 Å². The lowest BCUT2D eigenvalue weighted by atomic mass is 9.97. The minimum atomic E-state index is -0.184. The van der Waals surface area contributed by atoms with Crippen LogP contribution in [-0.2, 0) is 11.3 Å². The summed E-state index contributed by atoms with van der Waals surface area (Å²) in [4.78, 5) is 14.8. The fourth-order valence-electron chi connectivity index (χ4n) is 2.40. The Bertz CT molecular complexity index is 515. The van der Waals surface area contributed by atoms with E-state index in [0.717, 1.165) is 38.0 Å². The zero-order chi connectivity index (χ0) is 14.4. The van der Waals surface area contributed by atoms with E-state index in [1.807, 2.05) is 5.38 Å². The second-order valence-corrected chi connectivity index (χ2v) is 6.05. The third-order valence-corrected chi connectivity index (χ3v) is 4.33. The van der Waals surface area contributed by atoms with Crippen molar-refractivity contribution in [2.24, 2.45) is 11.7 Å². The SMILES string of the molecule is NC(=O)C1CCCN(Cc2cc(C#CCCO)cs2)C1. The number of aliphatic hydroxyl groups excluding tert-OH is 1. The molecular formula is C15H20N2O2S. The van der Waals surface area contributed by atoms with Crippen molar-refractivity contribution in [2.45, 2.75) is 25.8 Å². The highest BCUT2D eigenvalue weighted by molar-refractivity contribution is 7.10. The Hall–Kier alpha value is -1.35. The molecule has 1 saturated heterocycles. The minimum Gasteiger partial charge on any atom is -0.395 e. The van der Waals surface area contributed by atoms with E-state index in [-0.39, 0.29) is 18.4 Å². The maximum Gasteiger partial charge on any atom is 0.221 e. The van der Waals surface area contributed by atoms with Crippen molar-refractivity contribution in [3.05, 3.63) is 21.9 Å². The van der Waals surface area contributed by atoms with Gasteiger partial charge in [0, 0.05) is 35.3 Å². The number of thiophene rings is 1. The predicted octanol–water partition coefficient (Wildman–Crippen LogP) is 1.18. The van der Waals surface area contributed by atoms with Crippen molar-refractivity contribution < 1.29 is 9.90 Å². The van der Waals surface area contributed by atoms with Gasteiger partial charge in [0.25, 0.3) is 0 Å². The molecule has 4 nitrogen and oxygen atoms in total. The first-order chi connectivity index (χ1) is 9.69. The van der Waals surface area contributed by atoms with Crippen LogP contribution in [0.25, 0.3) is 0 Å². The fraction of sp³-hybridized carbons (Fsp3) is 0.533. The molecule has 0 saturated carbocycles. The van der Waals surface area contributed by atoms with Gasteiger partial charge >= 0.3 is 0 Å². The van der Waals surface area contributed by atoms with Crippen LogP contribution in [0.1, 0.15) is 29.7 Å². The molecule has 2 rings (SSSR count). The zero-order valence-electron chi connectivity index (χ0n) is 11.5. The maximum atomic E-state index is 11.3. The van der Waals surface area contributed by atoms with E-state index in [1.54, 1.807) is 11.3 Å². The molecule has 3 N–H and O–H groups in total. The van der Waals surface area contributed by atoms with E-state index in [0.29, 0.717) is 6.42 Å². The van der Waals surface area contributed by atoms with E-state index in [2.05, 4.69) is 22.8 Å². The van der Waals surface area contributed by atoms with Crippen LogP contribution in [0.3, 0.4) is 0 Å². The lowest BCUT2D eigenvalue weighted by Gasteiger charge is -2.30. The second-order valence-electron chi connectivity index (χ2n) is 5.05. The van der Waals surface area contributed by atoms with Crippen molar-refractivity contribution in [1.82, 2.24) is 4.90 Å². The Morgan fingerprint density at radius 2 is 2.45 bits per heavy atom. The third-order valence-electron chi connectivity index (χ3n) is 3.41. The van der Waals surface area contributed by atoms with Crippen LogP contribution in [0.5, 0.6) is 0 Å². The molecule has 1 unspecified atom stereocenters. The molecule has 1 fully saturated rings. The van der Waals surface area contributed by atoms with Gasteiger partial charge in [-0.3, -0.25) is 9.69 Å². The number of hydrogen-bond acceptors (Lipinski definition) is 4. The van der Waals surface area contributed by atoms with Crippen molar-refractivity contribution in [1.29, 1.82) is 0 Å². The van der Waals surface area contributed by atoms with E-state index >= 15 is 0 Å². The summed E-state index contributed by atoms with van der Waals surface area (Å²) < 4.78 is 0. The van der Waals surface area contributed by atoms with E-state index in [9.17, 15) is 4.79 Å². The Kier molecular flexibility index (Phi) is 5.60. The average molecular weight is 292 g/mol. The van der Waals surface area contributed by atoms with Gasteiger partial charge in [0.2, 0.25) is 5.91 Å².